The van der Waals surface area contributed by atoms with Gasteiger partial charge < -0.3 is 0 Å². The molecule has 8 heavy (non-hydrogen) atoms. The first-order valence-electron chi connectivity index (χ1n) is 3.11. The summed E-state index contributed by atoms with van der Waals surface area (Å²) in [5.74, 6) is 0. The van der Waals surface area contributed by atoms with Crippen LogP contribution in [0.25, 0.3) is 0 Å². The molecule has 0 aromatic carbocycles. The first-order chi connectivity index (χ1) is 4.11. The Kier molecular flexibility index (Phi) is 1.02. The van der Waals surface area contributed by atoms with E-state index in [9.17, 15) is 0 Å². The minimum Gasteiger partial charge on any atom is -0.270 e. The molecule has 0 aliphatic heterocycles. The van der Waals surface area contributed by atoms with Gasteiger partial charge in [0.15, 0.2) is 0 Å². The molecule has 2 heteroatoms. The Hall–Kier alpha value is -0.790. The van der Waals surface area contributed by atoms with E-state index in [0.717, 1.165) is 0 Å². The molecule has 0 bridgehead atoms. The zero-order valence-electron chi connectivity index (χ0n) is 6.13. The van der Waals surface area contributed by atoms with E-state index in [1.54, 1.807) is 30.9 Å². The molecule has 1 aromatic heterocycles. The predicted octanol–water partition coefficient (Wildman–Crippen LogP) is 1.46. The van der Waals surface area contributed by atoms with Crippen molar-refractivity contribution in [1.82, 2.24) is 9.78 Å². The Morgan fingerprint density at radius 3 is 2.75 bits per heavy atom. The standard InChI is InChI=1S/C6H10N2/c1-6(2)8-5-3-4-7-8/h3-6H,1-2H3/i6D. The van der Waals surface area contributed by atoms with Crippen molar-refractivity contribution in [3.63, 3.8) is 0 Å². The van der Waals surface area contributed by atoms with E-state index < -0.39 is 6.02 Å². The Morgan fingerprint density at radius 1 is 1.75 bits per heavy atom. The summed E-state index contributed by atoms with van der Waals surface area (Å²) in [7, 11) is 0. The Labute approximate surface area is 50.5 Å². The lowest BCUT2D eigenvalue weighted by molar-refractivity contribution is 0.532. The van der Waals surface area contributed by atoms with Gasteiger partial charge in [0.05, 0.1) is 1.37 Å². The average Bonchev–Trinajstić information content (AvgIpc) is 2.08. The molecule has 0 atom stereocenters. The lowest BCUT2D eigenvalue weighted by Crippen LogP contribution is -1.99. The summed E-state index contributed by atoms with van der Waals surface area (Å²) in [4.78, 5) is 0. The van der Waals surface area contributed by atoms with E-state index >= 15 is 0 Å². The van der Waals surface area contributed by atoms with Crippen LogP contribution in [0.5, 0.6) is 0 Å². The van der Waals surface area contributed by atoms with Crippen molar-refractivity contribution < 1.29 is 1.37 Å². The molecule has 1 heterocycles. The number of hydrogen-bond donors (Lipinski definition) is 0. The third kappa shape index (κ3) is 0.886. The van der Waals surface area contributed by atoms with Crippen LogP contribution in [0.3, 0.4) is 0 Å². The summed E-state index contributed by atoms with van der Waals surface area (Å²) >= 11 is 0. The number of nitrogens with zero attached hydrogens (tertiary/aromatic N) is 2. The summed E-state index contributed by atoms with van der Waals surface area (Å²) in [6.07, 6.45) is 3.46. The van der Waals surface area contributed by atoms with Gasteiger partial charge in [-0.25, -0.2) is 0 Å². The third-order valence-corrected chi connectivity index (χ3v) is 0.963. The molecule has 0 N–H and O–H groups in total. The van der Waals surface area contributed by atoms with E-state index in [4.69, 9.17) is 1.37 Å². The van der Waals surface area contributed by atoms with Crippen LogP contribution in [0.15, 0.2) is 18.5 Å². The Bertz CT molecular complexity index is 173. The fourth-order valence-corrected chi connectivity index (χ4v) is 0.533. The molecule has 0 unspecified atom stereocenters. The highest BCUT2D eigenvalue weighted by atomic mass is 15.3. The van der Waals surface area contributed by atoms with Crippen molar-refractivity contribution in [2.75, 3.05) is 0 Å². The summed E-state index contributed by atoms with van der Waals surface area (Å²) in [5, 5.41) is 3.92. The summed E-state index contributed by atoms with van der Waals surface area (Å²) in [5.41, 5.74) is 0. The molecular formula is C6H10N2. The molecule has 0 aliphatic carbocycles. The quantitative estimate of drug-likeness (QED) is 0.536. The maximum Gasteiger partial charge on any atom is 0.0546 e. The van der Waals surface area contributed by atoms with Gasteiger partial charge in [-0.05, 0) is 19.9 Å². The largest absolute Gasteiger partial charge is 0.270 e. The molecule has 0 spiro atoms. The third-order valence-electron chi connectivity index (χ3n) is 0.963. The first kappa shape index (κ1) is 4.13. The average molecular weight is 111 g/mol. The van der Waals surface area contributed by atoms with Gasteiger partial charge in [-0.2, -0.15) is 5.10 Å². The first-order valence-corrected chi connectivity index (χ1v) is 2.61. The van der Waals surface area contributed by atoms with Crippen LogP contribution >= 0.6 is 0 Å². The van der Waals surface area contributed by atoms with Crippen LogP contribution in [0.4, 0.5) is 0 Å². The highest BCUT2D eigenvalue weighted by Gasteiger charge is 1.91. The van der Waals surface area contributed by atoms with Gasteiger partial charge >= 0.3 is 0 Å². The number of rotatable bonds is 1. The van der Waals surface area contributed by atoms with Gasteiger partial charge in [0, 0.05) is 18.4 Å². The van der Waals surface area contributed by atoms with Crippen LogP contribution in [0.1, 0.15) is 21.2 Å². The second-order valence-electron chi connectivity index (χ2n) is 1.90. The second kappa shape index (κ2) is 1.99. The fourth-order valence-electron chi connectivity index (χ4n) is 0.533. The molecule has 1 aromatic rings. The van der Waals surface area contributed by atoms with E-state index in [1.807, 2.05) is 6.07 Å². The zero-order valence-corrected chi connectivity index (χ0v) is 5.13. The molecule has 1 rings (SSSR count). The number of aromatic nitrogens is 2. The Balaban J connectivity index is 2.90. The lowest BCUT2D eigenvalue weighted by atomic mass is 10.4. The van der Waals surface area contributed by atoms with Gasteiger partial charge in [-0.1, -0.05) is 0 Å². The highest BCUT2D eigenvalue weighted by Crippen LogP contribution is 1.98. The van der Waals surface area contributed by atoms with Gasteiger partial charge in [0.1, 0.15) is 0 Å². The zero-order chi connectivity index (χ0) is 6.91. The Morgan fingerprint density at radius 2 is 2.50 bits per heavy atom. The lowest BCUT2D eigenvalue weighted by Gasteiger charge is -2.01. The second-order valence-corrected chi connectivity index (χ2v) is 1.90. The van der Waals surface area contributed by atoms with E-state index in [1.165, 1.54) is 0 Å². The SMILES string of the molecule is [2H]C(C)(C)n1cccn1. The summed E-state index contributed by atoms with van der Waals surface area (Å²) < 4.78 is 9.09. The van der Waals surface area contributed by atoms with Crippen molar-refractivity contribution in [2.24, 2.45) is 0 Å². The van der Waals surface area contributed by atoms with Crippen molar-refractivity contribution in [1.29, 1.82) is 0 Å². The molecule has 44 valence electrons. The normalized spacial score (nSPS) is 13.5. The van der Waals surface area contributed by atoms with Crippen LogP contribution in [0, 0.1) is 0 Å². The van der Waals surface area contributed by atoms with Crippen LogP contribution < -0.4 is 0 Å². The fraction of sp³-hybridized carbons (Fsp3) is 0.500. The number of hydrogen-bond acceptors (Lipinski definition) is 1. The molecule has 0 saturated heterocycles. The molecule has 2 nitrogen and oxygen atoms in total. The van der Waals surface area contributed by atoms with Gasteiger partial charge in [0.25, 0.3) is 0 Å². The van der Waals surface area contributed by atoms with Crippen LogP contribution in [-0.2, 0) is 0 Å². The molecule has 0 radical (unpaired) electrons. The summed E-state index contributed by atoms with van der Waals surface area (Å²) in [6, 6.07) is 1.19. The molecule has 0 aliphatic rings. The smallest absolute Gasteiger partial charge is 0.0546 e. The van der Waals surface area contributed by atoms with Crippen molar-refractivity contribution in [3.05, 3.63) is 18.5 Å². The molecule has 0 amide bonds. The van der Waals surface area contributed by atoms with Crippen LogP contribution in [-0.4, -0.2) is 9.78 Å². The van der Waals surface area contributed by atoms with E-state index in [-0.39, 0.29) is 0 Å². The minimum atomic E-state index is -0.622. The van der Waals surface area contributed by atoms with Crippen molar-refractivity contribution in [2.45, 2.75) is 19.9 Å². The van der Waals surface area contributed by atoms with E-state index in [0.29, 0.717) is 0 Å². The van der Waals surface area contributed by atoms with Gasteiger partial charge in [0.2, 0.25) is 0 Å². The van der Waals surface area contributed by atoms with Gasteiger partial charge in [-0.3, -0.25) is 4.68 Å². The van der Waals surface area contributed by atoms with Crippen LogP contribution in [0.2, 0.25) is 0 Å². The molecular weight excluding hydrogens is 100 g/mol. The van der Waals surface area contributed by atoms with Crippen molar-refractivity contribution in [3.8, 4) is 0 Å². The van der Waals surface area contributed by atoms with Crippen molar-refractivity contribution >= 4 is 0 Å². The monoisotopic (exact) mass is 111 g/mol. The van der Waals surface area contributed by atoms with E-state index in [2.05, 4.69) is 5.10 Å². The predicted molar refractivity (Wildman–Crippen MR) is 32.6 cm³/mol. The highest BCUT2D eigenvalue weighted by molar-refractivity contribution is 4.79. The molecule has 0 fully saturated rings. The summed E-state index contributed by atoms with van der Waals surface area (Å²) in [6.45, 7) is 3.58. The molecule has 0 saturated carbocycles. The minimum absolute atomic E-state index is 0.622. The maximum absolute atomic E-state index is 7.49. The topological polar surface area (TPSA) is 17.8 Å². The van der Waals surface area contributed by atoms with Gasteiger partial charge in [-0.15, -0.1) is 0 Å². The maximum atomic E-state index is 7.49.